The summed E-state index contributed by atoms with van der Waals surface area (Å²) >= 11 is 6.32. The molecule has 0 heterocycles. The minimum atomic E-state index is -0.291. The summed E-state index contributed by atoms with van der Waals surface area (Å²) in [5.74, 6) is 0.333. The van der Waals surface area contributed by atoms with Crippen molar-refractivity contribution in [3.63, 3.8) is 0 Å². The Bertz CT molecular complexity index is 240. The maximum atomic E-state index is 11.3. The molecule has 0 N–H and O–H groups in total. The molecule has 2 unspecified atom stereocenters. The molecule has 2 atom stereocenters. The molecule has 1 saturated carbocycles. The first-order valence-electron chi connectivity index (χ1n) is 4.98. The topological polar surface area (TPSA) is 26.3 Å². The van der Waals surface area contributed by atoms with Gasteiger partial charge in [0, 0.05) is 4.87 Å². The lowest BCUT2D eigenvalue weighted by atomic mass is 9.75. The van der Waals surface area contributed by atoms with Crippen molar-refractivity contribution in [3.05, 3.63) is 0 Å². The number of carbonyl (C=O) groups is 1. The van der Waals surface area contributed by atoms with Gasteiger partial charge >= 0.3 is 5.97 Å². The number of carbonyl (C=O) groups excluding carboxylic acids is 1. The fraction of sp³-hybridized carbons (Fsp3) is 0.909. The highest BCUT2D eigenvalue weighted by atomic mass is 35.5. The predicted octanol–water partition coefficient (Wildman–Crippen LogP) is 2.84. The van der Waals surface area contributed by atoms with Crippen LogP contribution in [0.1, 0.15) is 34.1 Å². The standard InChI is InChI=1S/C11H19ClO2/c1-10(2,11(3,4)12)8-6-7(8)9(13)14-5/h7-8H,6H2,1-5H3. The van der Waals surface area contributed by atoms with E-state index in [0.29, 0.717) is 5.92 Å². The van der Waals surface area contributed by atoms with Crippen molar-refractivity contribution < 1.29 is 9.53 Å². The number of ether oxygens (including phenoxy) is 1. The second kappa shape index (κ2) is 3.41. The Kier molecular flexibility index (Phi) is 2.88. The second-order valence-corrected chi connectivity index (χ2v) is 6.11. The Balaban J connectivity index is 2.67. The number of esters is 1. The van der Waals surface area contributed by atoms with Crippen molar-refractivity contribution in [1.82, 2.24) is 0 Å². The van der Waals surface area contributed by atoms with Crippen LogP contribution in [0.15, 0.2) is 0 Å². The summed E-state index contributed by atoms with van der Waals surface area (Å²) in [5.41, 5.74) is -0.0343. The van der Waals surface area contributed by atoms with Crippen molar-refractivity contribution >= 4 is 17.6 Å². The first-order chi connectivity index (χ1) is 6.21. The Hall–Kier alpha value is -0.240. The van der Waals surface area contributed by atoms with Gasteiger partial charge in [0.2, 0.25) is 0 Å². The van der Waals surface area contributed by atoms with Crippen molar-refractivity contribution in [3.8, 4) is 0 Å². The van der Waals surface area contributed by atoms with E-state index in [1.807, 2.05) is 13.8 Å². The Labute approximate surface area is 91.0 Å². The lowest BCUT2D eigenvalue weighted by Crippen LogP contribution is -2.36. The van der Waals surface area contributed by atoms with Gasteiger partial charge in [0.15, 0.2) is 0 Å². The first-order valence-corrected chi connectivity index (χ1v) is 5.36. The highest BCUT2D eigenvalue weighted by molar-refractivity contribution is 6.24. The average molecular weight is 219 g/mol. The van der Waals surface area contributed by atoms with Crippen LogP contribution in [0.4, 0.5) is 0 Å². The van der Waals surface area contributed by atoms with Gasteiger partial charge in [-0.05, 0) is 31.6 Å². The third kappa shape index (κ3) is 1.90. The molecule has 0 aliphatic heterocycles. The summed E-state index contributed by atoms with van der Waals surface area (Å²) in [7, 11) is 1.44. The van der Waals surface area contributed by atoms with E-state index in [-0.39, 0.29) is 22.2 Å². The zero-order valence-electron chi connectivity index (χ0n) is 9.56. The number of alkyl halides is 1. The summed E-state index contributed by atoms with van der Waals surface area (Å²) < 4.78 is 4.73. The van der Waals surface area contributed by atoms with Gasteiger partial charge in [-0.25, -0.2) is 0 Å². The molecule has 0 aromatic rings. The summed E-state index contributed by atoms with van der Waals surface area (Å²) in [4.78, 5) is 11.0. The van der Waals surface area contributed by atoms with Gasteiger partial charge in [0.05, 0.1) is 13.0 Å². The molecular weight excluding hydrogens is 200 g/mol. The number of hydrogen-bond donors (Lipinski definition) is 0. The third-order valence-electron chi connectivity index (χ3n) is 3.75. The van der Waals surface area contributed by atoms with Gasteiger partial charge in [-0.2, -0.15) is 0 Å². The fourth-order valence-electron chi connectivity index (χ4n) is 1.85. The van der Waals surface area contributed by atoms with E-state index in [4.69, 9.17) is 16.3 Å². The van der Waals surface area contributed by atoms with Crippen molar-refractivity contribution in [2.24, 2.45) is 17.3 Å². The molecule has 0 amide bonds. The number of rotatable bonds is 3. The quantitative estimate of drug-likeness (QED) is 0.538. The molecule has 0 saturated heterocycles. The van der Waals surface area contributed by atoms with Crippen LogP contribution in [0.25, 0.3) is 0 Å². The Morgan fingerprint density at radius 2 is 1.86 bits per heavy atom. The van der Waals surface area contributed by atoms with Gasteiger partial charge in [-0.3, -0.25) is 4.79 Å². The van der Waals surface area contributed by atoms with E-state index in [1.54, 1.807) is 0 Å². The fourth-order valence-corrected chi connectivity index (χ4v) is 1.99. The van der Waals surface area contributed by atoms with Crippen LogP contribution >= 0.6 is 11.6 Å². The van der Waals surface area contributed by atoms with Crippen molar-refractivity contribution in [1.29, 1.82) is 0 Å². The van der Waals surface area contributed by atoms with Crippen LogP contribution < -0.4 is 0 Å². The molecule has 0 aromatic carbocycles. The molecule has 1 aliphatic carbocycles. The lowest BCUT2D eigenvalue weighted by Gasteiger charge is -2.37. The molecule has 1 fully saturated rings. The smallest absolute Gasteiger partial charge is 0.308 e. The monoisotopic (exact) mass is 218 g/mol. The molecular formula is C11H19ClO2. The molecule has 0 bridgehead atoms. The van der Waals surface area contributed by atoms with Crippen LogP contribution in [0.2, 0.25) is 0 Å². The van der Waals surface area contributed by atoms with E-state index in [1.165, 1.54) is 7.11 Å². The summed E-state index contributed by atoms with van der Waals surface area (Å²) in [6.07, 6.45) is 0.913. The highest BCUT2D eigenvalue weighted by Crippen LogP contribution is 2.57. The Morgan fingerprint density at radius 3 is 2.21 bits per heavy atom. The average Bonchev–Trinajstić information content (AvgIpc) is 2.80. The van der Waals surface area contributed by atoms with Gasteiger partial charge in [0.25, 0.3) is 0 Å². The van der Waals surface area contributed by atoms with Gasteiger partial charge < -0.3 is 4.74 Å². The van der Waals surface area contributed by atoms with Gasteiger partial charge in [-0.15, -0.1) is 11.6 Å². The highest BCUT2D eigenvalue weighted by Gasteiger charge is 2.56. The van der Waals surface area contributed by atoms with Crippen molar-refractivity contribution in [2.75, 3.05) is 7.11 Å². The van der Waals surface area contributed by atoms with Crippen LogP contribution in [0.5, 0.6) is 0 Å². The number of halogens is 1. The first kappa shape index (κ1) is 11.8. The predicted molar refractivity (Wildman–Crippen MR) is 57.3 cm³/mol. The van der Waals surface area contributed by atoms with E-state index in [0.717, 1.165) is 6.42 Å². The minimum absolute atomic E-state index is 0.0343. The maximum Gasteiger partial charge on any atom is 0.308 e. The van der Waals surface area contributed by atoms with Crippen LogP contribution in [0.3, 0.4) is 0 Å². The third-order valence-corrected chi connectivity index (χ3v) is 4.24. The molecule has 1 aliphatic rings. The van der Waals surface area contributed by atoms with E-state index in [2.05, 4.69) is 13.8 Å². The van der Waals surface area contributed by atoms with Crippen molar-refractivity contribution in [2.45, 2.75) is 39.0 Å². The van der Waals surface area contributed by atoms with Gasteiger partial charge in [0.1, 0.15) is 0 Å². The van der Waals surface area contributed by atoms with Gasteiger partial charge in [-0.1, -0.05) is 13.8 Å². The van der Waals surface area contributed by atoms with Crippen LogP contribution in [-0.2, 0) is 9.53 Å². The second-order valence-electron chi connectivity index (χ2n) is 5.17. The molecule has 82 valence electrons. The summed E-state index contributed by atoms with van der Waals surface area (Å²) in [6.45, 7) is 8.24. The summed E-state index contributed by atoms with van der Waals surface area (Å²) in [6, 6.07) is 0. The zero-order valence-corrected chi connectivity index (χ0v) is 10.3. The molecule has 2 nitrogen and oxygen atoms in total. The van der Waals surface area contributed by atoms with Crippen LogP contribution in [0, 0.1) is 17.3 Å². The molecule has 0 spiro atoms. The normalized spacial score (nSPS) is 27.3. The van der Waals surface area contributed by atoms with E-state index >= 15 is 0 Å². The molecule has 1 rings (SSSR count). The molecule has 3 heteroatoms. The number of hydrogen-bond acceptors (Lipinski definition) is 2. The maximum absolute atomic E-state index is 11.3. The Morgan fingerprint density at radius 1 is 1.36 bits per heavy atom. The molecule has 14 heavy (non-hydrogen) atoms. The minimum Gasteiger partial charge on any atom is -0.469 e. The zero-order chi connectivity index (χ0) is 11.1. The largest absolute Gasteiger partial charge is 0.469 e. The van der Waals surface area contributed by atoms with E-state index < -0.39 is 0 Å². The lowest BCUT2D eigenvalue weighted by molar-refractivity contribution is -0.143. The summed E-state index contributed by atoms with van der Waals surface area (Å²) in [5, 5.41) is 0. The molecule has 0 aromatic heterocycles. The SMILES string of the molecule is COC(=O)C1CC1C(C)(C)C(C)(C)Cl. The van der Waals surface area contributed by atoms with E-state index in [9.17, 15) is 4.79 Å². The molecule has 0 radical (unpaired) electrons. The number of methoxy groups -OCH3 is 1. The van der Waals surface area contributed by atoms with Crippen LogP contribution in [-0.4, -0.2) is 18.0 Å².